The Morgan fingerprint density at radius 3 is 2.39 bits per heavy atom. The highest BCUT2D eigenvalue weighted by molar-refractivity contribution is 7.90. The van der Waals surface area contributed by atoms with Crippen LogP contribution in [0.15, 0.2) is 0 Å². The third-order valence-corrected chi connectivity index (χ3v) is 4.41. The lowest BCUT2D eigenvalue weighted by molar-refractivity contribution is 0.559. The van der Waals surface area contributed by atoms with Crippen LogP contribution < -0.4 is 5.32 Å². The van der Waals surface area contributed by atoms with Crippen LogP contribution in [0.5, 0.6) is 0 Å². The molecule has 0 aromatic carbocycles. The highest BCUT2D eigenvalue weighted by Crippen LogP contribution is 2.30. The van der Waals surface area contributed by atoms with Gasteiger partial charge in [0, 0.05) is 23.1 Å². The van der Waals surface area contributed by atoms with E-state index in [2.05, 4.69) is 38.0 Å². The molecule has 0 spiro atoms. The molecule has 0 bridgehead atoms. The number of hydrogen-bond donors (Lipinski definition) is 1. The van der Waals surface area contributed by atoms with Crippen molar-refractivity contribution in [2.75, 3.05) is 12.8 Å². The molecule has 0 saturated heterocycles. The van der Waals surface area contributed by atoms with Crippen molar-refractivity contribution in [1.29, 1.82) is 0 Å². The van der Waals surface area contributed by atoms with Gasteiger partial charge in [0.1, 0.15) is 10.8 Å². The van der Waals surface area contributed by atoms with E-state index in [0.29, 0.717) is 5.01 Å². The number of thiazole rings is 1. The Balaban J connectivity index is 3.07. The molecule has 0 fully saturated rings. The molecule has 0 aliphatic rings. The summed E-state index contributed by atoms with van der Waals surface area (Å²) >= 11 is 1.50. The molecule has 6 heteroatoms. The van der Waals surface area contributed by atoms with E-state index >= 15 is 0 Å². The number of nitrogens with one attached hydrogen (secondary N) is 1. The number of rotatable bonds is 5. The molecule has 1 rings (SSSR count). The molecule has 0 aliphatic heterocycles. The fraction of sp³-hybridized carbons (Fsp3) is 0.750. The second kappa shape index (κ2) is 5.67. The first kappa shape index (κ1) is 15.6. The van der Waals surface area contributed by atoms with Crippen molar-refractivity contribution in [1.82, 2.24) is 10.3 Å². The second-order valence-corrected chi connectivity index (χ2v) is 8.79. The Labute approximate surface area is 114 Å². The molecule has 1 aromatic heterocycles. The summed E-state index contributed by atoms with van der Waals surface area (Å²) in [6, 6.07) is 0. The van der Waals surface area contributed by atoms with Gasteiger partial charge in [0.15, 0.2) is 9.84 Å². The van der Waals surface area contributed by atoms with Crippen molar-refractivity contribution in [3.8, 4) is 0 Å². The molecule has 104 valence electrons. The Bertz CT molecular complexity index is 499. The summed E-state index contributed by atoms with van der Waals surface area (Å²) in [4.78, 5) is 5.66. The SMILES string of the molecule is CCNCc1sc(CS(C)(=O)=O)nc1C(C)(C)C. The number of sulfone groups is 1. The number of hydrogen-bond acceptors (Lipinski definition) is 5. The molecular formula is C12H22N2O2S2. The minimum absolute atomic E-state index is 0.0346. The molecule has 0 amide bonds. The van der Waals surface area contributed by atoms with Crippen molar-refractivity contribution in [2.45, 2.75) is 45.4 Å². The zero-order chi connectivity index (χ0) is 14.0. The topological polar surface area (TPSA) is 59.1 Å². The zero-order valence-corrected chi connectivity index (χ0v) is 13.3. The molecule has 0 atom stereocenters. The van der Waals surface area contributed by atoms with Crippen LogP contribution in [0.1, 0.15) is 43.3 Å². The van der Waals surface area contributed by atoms with Gasteiger partial charge in [-0.2, -0.15) is 0 Å². The van der Waals surface area contributed by atoms with Crippen LogP contribution in [-0.2, 0) is 27.5 Å². The van der Waals surface area contributed by atoms with Crippen molar-refractivity contribution >= 4 is 21.2 Å². The van der Waals surface area contributed by atoms with E-state index in [1.165, 1.54) is 17.6 Å². The summed E-state index contributed by atoms with van der Waals surface area (Å²) in [7, 11) is -3.02. The normalized spacial score (nSPS) is 12.9. The van der Waals surface area contributed by atoms with E-state index in [1.54, 1.807) is 0 Å². The van der Waals surface area contributed by atoms with Crippen LogP contribution in [0.25, 0.3) is 0 Å². The van der Waals surface area contributed by atoms with Crippen molar-refractivity contribution in [3.63, 3.8) is 0 Å². The van der Waals surface area contributed by atoms with Gasteiger partial charge < -0.3 is 5.32 Å². The van der Waals surface area contributed by atoms with E-state index < -0.39 is 9.84 Å². The van der Waals surface area contributed by atoms with Gasteiger partial charge in [-0.15, -0.1) is 11.3 Å². The van der Waals surface area contributed by atoms with Gasteiger partial charge in [-0.1, -0.05) is 27.7 Å². The van der Waals surface area contributed by atoms with Crippen LogP contribution >= 0.6 is 11.3 Å². The Hall–Kier alpha value is -0.460. The fourth-order valence-corrected chi connectivity index (χ4v) is 4.07. The van der Waals surface area contributed by atoms with Crippen LogP contribution in [0, 0.1) is 0 Å². The third-order valence-electron chi connectivity index (χ3n) is 2.37. The molecule has 1 heterocycles. The maximum absolute atomic E-state index is 11.3. The van der Waals surface area contributed by atoms with Crippen LogP contribution in [0.2, 0.25) is 0 Å². The molecule has 1 N–H and O–H groups in total. The van der Waals surface area contributed by atoms with Gasteiger partial charge in [-0.25, -0.2) is 13.4 Å². The smallest absolute Gasteiger partial charge is 0.153 e. The van der Waals surface area contributed by atoms with Crippen LogP contribution in [-0.4, -0.2) is 26.2 Å². The molecular weight excluding hydrogens is 268 g/mol. The molecule has 1 aromatic rings. The monoisotopic (exact) mass is 290 g/mol. The molecule has 4 nitrogen and oxygen atoms in total. The average Bonchev–Trinajstić information content (AvgIpc) is 2.54. The van der Waals surface area contributed by atoms with Crippen LogP contribution in [0.4, 0.5) is 0 Å². The van der Waals surface area contributed by atoms with E-state index in [-0.39, 0.29) is 11.2 Å². The van der Waals surface area contributed by atoms with Crippen molar-refractivity contribution in [2.24, 2.45) is 0 Å². The number of aromatic nitrogens is 1. The minimum atomic E-state index is -3.02. The number of nitrogens with zero attached hydrogens (tertiary/aromatic N) is 1. The lowest BCUT2D eigenvalue weighted by atomic mass is 9.91. The summed E-state index contributed by atoms with van der Waals surface area (Å²) in [5.41, 5.74) is 0.948. The van der Waals surface area contributed by atoms with Gasteiger partial charge in [0.05, 0.1) is 5.69 Å². The summed E-state index contributed by atoms with van der Waals surface area (Å²) in [5, 5.41) is 3.96. The molecule has 0 radical (unpaired) electrons. The van der Waals surface area contributed by atoms with Gasteiger partial charge in [0.2, 0.25) is 0 Å². The average molecular weight is 290 g/mol. The van der Waals surface area contributed by atoms with Gasteiger partial charge in [-0.3, -0.25) is 0 Å². The lowest BCUT2D eigenvalue weighted by Gasteiger charge is -2.17. The highest BCUT2D eigenvalue weighted by atomic mass is 32.2. The first-order valence-electron chi connectivity index (χ1n) is 6.01. The van der Waals surface area contributed by atoms with E-state index in [1.807, 2.05) is 0 Å². The van der Waals surface area contributed by atoms with Gasteiger partial charge in [0.25, 0.3) is 0 Å². The molecule has 0 aliphatic carbocycles. The maximum Gasteiger partial charge on any atom is 0.153 e. The van der Waals surface area contributed by atoms with Crippen molar-refractivity contribution < 1.29 is 8.42 Å². The van der Waals surface area contributed by atoms with Gasteiger partial charge >= 0.3 is 0 Å². The predicted molar refractivity (Wildman–Crippen MR) is 76.7 cm³/mol. The van der Waals surface area contributed by atoms with Gasteiger partial charge in [-0.05, 0) is 6.54 Å². The standard InChI is InChI=1S/C12H22N2O2S2/c1-6-13-7-9-11(12(2,3)4)14-10(17-9)8-18(5,15)16/h13H,6-8H2,1-5H3. The summed E-state index contributed by atoms with van der Waals surface area (Å²) in [5.74, 6) is 0.0346. The fourth-order valence-electron chi connectivity index (χ4n) is 1.63. The molecule has 0 saturated carbocycles. The zero-order valence-electron chi connectivity index (χ0n) is 11.7. The van der Waals surface area contributed by atoms with Crippen LogP contribution in [0.3, 0.4) is 0 Å². The largest absolute Gasteiger partial charge is 0.312 e. The predicted octanol–water partition coefficient (Wildman–Crippen LogP) is 2.09. The minimum Gasteiger partial charge on any atom is -0.312 e. The van der Waals surface area contributed by atoms with E-state index in [4.69, 9.17) is 0 Å². The van der Waals surface area contributed by atoms with E-state index in [0.717, 1.165) is 23.7 Å². The Morgan fingerprint density at radius 1 is 1.33 bits per heavy atom. The van der Waals surface area contributed by atoms with Crippen molar-refractivity contribution in [3.05, 3.63) is 15.6 Å². The van der Waals surface area contributed by atoms with E-state index in [9.17, 15) is 8.42 Å². The first-order chi connectivity index (χ1) is 8.13. The summed E-state index contributed by atoms with van der Waals surface area (Å²) in [6.45, 7) is 9.99. The first-order valence-corrected chi connectivity index (χ1v) is 8.88. The highest BCUT2D eigenvalue weighted by Gasteiger charge is 2.23. The lowest BCUT2D eigenvalue weighted by Crippen LogP contribution is -2.18. The maximum atomic E-state index is 11.3. The molecule has 18 heavy (non-hydrogen) atoms. The Kier molecular flexibility index (Phi) is 4.91. The summed E-state index contributed by atoms with van der Waals surface area (Å²) < 4.78 is 22.7. The quantitative estimate of drug-likeness (QED) is 0.902. The second-order valence-electron chi connectivity index (χ2n) is 5.48. The molecule has 0 unspecified atom stereocenters. The Morgan fingerprint density at radius 2 is 1.94 bits per heavy atom. The summed E-state index contributed by atoms with van der Waals surface area (Å²) in [6.07, 6.45) is 1.25. The third kappa shape index (κ3) is 4.66.